The number of ether oxygens (including phenoxy) is 1. The van der Waals surface area contributed by atoms with E-state index in [-0.39, 0.29) is 0 Å². The van der Waals surface area contributed by atoms with Crippen molar-refractivity contribution in [2.45, 2.75) is 13.3 Å². The van der Waals surface area contributed by atoms with Gasteiger partial charge in [-0.1, -0.05) is 43.0 Å². The summed E-state index contributed by atoms with van der Waals surface area (Å²) < 4.78 is 6.56. The van der Waals surface area contributed by atoms with Gasteiger partial charge in [-0.3, -0.25) is 0 Å². The molecule has 3 heterocycles. The Morgan fingerprint density at radius 3 is 2.62 bits per heavy atom. The van der Waals surface area contributed by atoms with Gasteiger partial charge < -0.3 is 14.7 Å². The fraction of sp³-hybridized carbons (Fsp3) is 0.0769. The van der Waals surface area contributed by atoms with Crippen molar-refractivity contribution in [3.8, 4) is 11.5 Å². The molecule has 6 rings (SSSR count). The number of H-pyrrole nitrogens is 2. The summed E-state index contributed by atoms with van der Waals surface area (Å²) in [6.07, 6.45) is 6.90. The Kier molecular flexibility index (Phi) is 3.30. The third-order valence-corrected chi connectivity index (χ3v) is 5.92. The minimum atomic E-state index is 0.851. The Labute approximate surface area is 168 Å². The van der Waals surface area contributed by atoms with Gasteiger partial charge in [-0.05, 0) is 37.3 Å². The van der Waals surface area contributed by atoms with E-state index in [2.05, 4.69) is 77.2 Å². The Hall–Kier alpha value is -3.72. The topological polar surface area (TPSA) is 40.8 Å². The van der Waals surface area contributed by atoms with Crippen molar-refractivity contribution < 1.29 is 4.74 Å². The van der Waals surface area contributed by atoms with Crippen LogP contribution in [-0.2, 0) is 6.42 Å². The summed E-state index contributed by atoms with van der Waals surface area (Å²) in [6.45, 7) is 6.00. The minimum Gasteiger partial charge on any atom is -0.456 e. The number of para-hydroxylation sites is 1. The Balaban J connectivity index is 1.63. The molecule has 5 aromatic rings. The van der Waals surface area contributed by atoms with E-state index in [4.69, 9.17) is 4.74 Å². The number of nitrogens with one attached hydrogen (secondary N) is 2. The molecule has 1 aliphatic rings. The molecule has 0 saturated carbocycles. The molecule has 140 valence electrons. The van der Waals surface area contributed by atoms with Crippen LogP contribution < -0.4 is 4.74 Å². The van der Waals surface area contributed by atoms with E-state index in [1.54, 1.807) is 0 Å². The maximum atomic E-state index is 6.56. The van der Waals surface area contributed by atoms with E-state index >= 15 is 0 Å². The highest BCUT2D eigenvalue weighted by Crippen LogP contribution is 2.46. The van der Waals surface area contributed by atoms with Crippen molar-refractivity contribution in [2.75, 3.05) is 0 Å². The molecule has 3 aromatic carbocycles. The zero-order valence-electron chi connectivity index (χ0n) is 16.2. The Morgan fingerprint density at radius 2 is 1.76 bits per heavy atom. The van der Waals surface area contributed by atoms with E-state index in [0.717, 1.165) is 51.1 Å². The predicted octanol–water partition coefficient (Wildman–Crippen LogP) is 7.18. The zero-order chi connectivity index (χ0) is 19.5. The van der Waals surface area contributed by atoms with E-state index < -0.39 is 0 Å². The lowest BCUT2D eigenvalue weighted by Gasteiger charge is -2.22. The Morgan fingerprint density at radius 1 is 0.931 bits per heavy atom. The van der Waals surface area contributed by atoms with Gasteiger partial charge >= 0.3 is 0 Å². The summed E-state index contributed by atoms with van der Waals surface area (Å²) in [5, 5.41) is 3.64. The molecule has 0 amide bonds. The van der Waals surface area contributed by atoms with Crippen LogP contribution in [0.4, 0.5) is 0 Å². The first-order valence-corrected chi connectivity index (χ1v) is 9.91. The lowest BCUT2D eigenvalue weighted by Crippen LogP contribution is -2.04. The predicted molar refractivity (Wildman–Crippen MR) is 122 cm³/mol. The lowest BCUT2D eigenvalue weighted by atomic mass is 9.94. The number of aromatic amines is 2. The number of hydrogen-bond acceptors (Lipinski definition) is 1. The van der Waals surface area contributed by atoms with Crippen LogP contribution in [0.5, 0.6) is 11.5 Å². The first kappa shape index (κ1) is 16.3. The van der Waals surface area contributed by atoms with E-state index in [1.807, 2.05) is 13.0 Å². The summed E-state index contributed by atoms with van der Waals surface area (Å²) in [4.78, 5) is 7.01. The number of rotatable bonds is 2. The van der Waals surface area contributed by atoms with Gasteiger partial charge in [-0.2, -0.15) is 0 Å². The number of aromatic nitrogens is 2. The van der Waals surface area contributed by atoms with Crippen LogP contribution in [0.25, 0.3) is 44.9 Å². The fourth-order valence-electron chi connectivity index (χ4n) is 4.67. The van der Waals surface area contributed by atoms with Crippen LogP contribution in [-0.4, -0.2) is 9.97 Å². The molecule has 0 spiro atoms. The number of fused-ring (bicyclic) bond motifs is 8. The molecule has 0 atom stereocenters. The average Bonchev–Trinajstić information content (AvgIpc) is 3.31. The third kappa shape index (κ3) is 2.18. The molecule has 3 heteroatoms. The molecule has 0 aliphatic carbocycles. The highest BCUT2D eigenvalue weighted by atomic mass is 16.5. The molecule has 0 bridgehead atoms. The smallest absolute Gasteiger partial charge is 0.140 e. The molecule has 0 fully saturated rings. The second-order valence-corrected chi connectivity index (χ2v) is 7.55. The van der Waals surface area contributed by atoms with E-state index in [1.165, 1.54) is 21.9 Å². The zero-order valence-corrected chi connectivity index (χ0v) is 16.2. The van der Waals surface area contributed by atoms with Crippen LogP contribution in [0.1, 0.15) is 29.3 Å². The number of hydrogen-bond donors (Lipinski definition) is 2. The van der Waals surface area contributed by atoms with Crippen LogP contribution in [0.3, 0.4) is 0 Å². The van der Waals surface area contributed by atoms with Crippen molar-refractivity contribution >= 4 is 44.9 Å². The highest BCUT2D eigenvalue weighted by Gasteiger charge is 2.25. The van der Waals surface area contributed by atoms with Gasteiger partial charge in [0.1, 0.15) is 11.5 Å². The quantitative estimate of drug-likeness (QED) is 0.330. The van der Waals surface area contributed by atoms with Gasteiger partial charge in [0.15, 0.2) is 0 Å². The first-order chi connectivity index (χ1) is 14.3. The molecule has 2 aromatic heterocycles. The van der Waals surface area contributed by atoms with Gasteiger partial charge in [0.2, 0.25) is 0 Å². The summed E-state index contributed by atoms with van der Waals surface area (Å²) in [5.74, 6) is 1.89. The van der Waals surface area contributed by atoms with Crippen molar-refractivity contribution in [1.29, 1.82) is 0 Å². The van der Waals surface area contributed by atoms with Gasteiger partial charge in [0, 0.05) is 50.6 Å². The number of benzene rings is 3. The van der Waals surface area contributed by atoms with E-state index in [9.17, 15) is 0 Å². The largest absolute Gasteiger partial charge is 0.456 e. The summed E-state index contributed by atoms with van der Waals surface area (Å²) in [7, 11) is 0. The molecule has 1 aliphatic heterocycles. The van der Waals surface area contributed by atoms with Crippen LogP contribution in [0.2, 0.25) is 0 Å². The Bertz CT molecular complexity index is 1480. The maximum absolute atomic E-state index is 6.56. The van der Waals surface area contributed by atoms with Crippen LogP contribution in [0, 0.1) is 0 Å². The van der Waals surface area contributed by atoms with Crippen molar-refractivity contribution in [3.63, 3.8) is 0 Å². The van der Waals surface area contributed by atoms with Crippen LogP contribution >= 0.6 is 0 Å². The average molecular weight is 376 g/mol. The summed E-state index contributed by atoms with van der Waals surface area (Å²) >= 11 is 0. The summed E-state index contributed by atoms with van der Waals surface area (Å²) in [5.41, 5.74) is 8.00. The molecular formula is C26H20N2O. The van der Waals surface area contributed by atoms with Gasteiger partial charge in [0.25, 0.3) is 0 Å². The molecule has 0 radical (unpaired) electrons. The minimum absolute atomic E-state index is 0.851. The third-order valence-electron chi connectivity index (χ3n) is 5.92. The van der Waals surface area contributed by atoms with E-state index in [0.29, 0.717) is 0 Å². The summed E-state index contributed by atoms with van der Waals surface area (Å²) in [6, 6.07) is 17.0. The standard InChI is InChI=1S/C26H20N2O/c1-3-7-16-19(4-2)27-22-11-10-15-14-18-23(29-26(15)25(16)22)13-12-21-24(18)17-8-5-6-9-20(17)28-21/h3-13,27-28H,2,14H2,1H3/b7-3-. The van der Waals surface area contributed by atoms with Gasteiger partial charge in [0.05, 0.1) is 10.9 Å². The van der Waals surface area contributed by atoms with Crippen molar-refractivity contribution in [3.05, 3.63) is 83.6 Å². The molecule has 3 nitrogen and oxygen atoms in total. The molecule has 29 heavy (non-hydrogen) atoms. The van der Waals surface area contributed by atoms with Crippen molar-refractivity contribution in [1.82, 2.24) is 9.97 Å². The second-order valence-electron chi connectivity index (χ2n) is 7.55. The monoisotopic (exact) mass is 376 g/mol. The normalized spacial score (nSPS) is 13.1. The molecule has 0 unspecified atom stereocenters. The van der Waals surface area contributed by atoms with Crippen LogP contribution in [0.15, 0.2) is 61.2 Å². The lowest BCUT2D eigenvalue weighted by molar-refractivity contribution is 0.467. The highest BCUT2D eigenvalue weighted by molar-refractivity contribution is 6.10. The molecular weight excluding hydrogens is 356 g/mol. The number of allylic oxidation sites excluding steroid dienone is 1. The van der Waals surface area contributed by atoms with Gasteiger partial charge in [-0.25, -0.2) is 0 Å². The van der Waals surface area contributed by atoms with Gasteiger partial charge in [-0.15, -0.1) is 0 Å². The maximum Gasteiger partial charge on any atom is 0.140 e. The molecule has 0 saturated heterocycles. The molecule has 2 N–H and O–H groups in total. The van der Waals surface area contributed by atoms with Crippen molar-refractivity contribution in [2.24, 2.45) is 0 Å². The first-order valence-electron chi connectivity index (χ1n) is 9.91. The fourth-order valence-corrected chi connectivity index (χ4v) is 4.67. The SMILES string of the molecule is C=Cc1[nH]c2ccc3c(c2c1/C=C\C)Oc1ccc2[nH]c4ccccc4c2c1C3. The second kappa shape index (κ2) is 5.89.